The average Bonchev–Trinajstić information content (AvgIpc) is 2.90. The second-order valence-electron chi connectivity index (χ2n) is 4.98. The number of aromatic nitrogens is 3. The van der Waals surface area contributed by atoms with Gasteiger partial charge < -0.3 is 5.32 Å². The highest BCUT2D eigenvalue weighted by atomic mass is 16.1. The van der Waals surface area contributed by atoms with Gasteiger partial charge in [-0.3, -0.25) is 14.5 Å². The number of nitrogens with zero attached hydrogens (tertiary/aromatic N) is 3. The van der Waals surface area contributed by atoms with E-state index in [1.807, 2.05) is 37.4 Å². The molecule has 0 saturated heterocycles. The van der Waals surface area contributed by atoms with E-state index < -0.39 is 0 Å². The molecular weight excluding hydrogens is 276 g/mol. The van der Waals surface area contributed by atoms with E-state index in [1.165, 1.54) is 0 Å². The molecule has 110 valence electrons. The zero-order chi connectivity index (χ0) is 15.4. The SMILES string of the molecule is Cn1ncc(C(=O)Nc2ccncc2)c1Cc1ccccc1. The maximum absolute atomic E-state index is 12.5. The number of carbonyl (C=O) groups is 1. The summed E-state index contributed by atoms with van der Waals surface area (Å²) in [6.45, 7) is 0. The predicted octanol–water partition coefficient (Wildman–Crippen LogP) is 2.66. The van der Waals surface area contributed by atoms with Crippen LogP contribution in [0.5, 0.6) is 0 Å². The smallest absolute Gasteiger partial charge is 0.259 e. The summed E-state index contributed by atoms with van der Waals surface area (Å²) < 4.78 is 1.74. The molecule has 0 spiro atoms. The number of pyridine rings is 1. The molecule has 0 bridgehead atoms. The largest absolute Gasteiger partial charge is 0.322 e. The maximum atomic E-state index is 12.5. The summed E-state index contributed by atoms with van der Waals surface area (Å²) in [6, 6.07) is 13.5. The van der Waals surface area contributed by atoms with E-state index in [9.17, 15) is 4.79 Å². The highest BCUT2D eigenvalue weighted by Crippen LogP contribution is 2.15. The number of nitrogens with one attached hydrogen (secondary N) is 1. The quantitative estimate of drug-likeness (QED) is 0.804. The van der Waals surface area contributed by atoms with Gasteiger partial charge in [-0.25, -0.2) is 0 Å². The Morgan fingerprint density at radius 3 is 2.59 bits per heavy atom. The number of amides is 1. The number of hydrogen-bond acceptors (Lipinski definition) is 3. The molecule has 3 rings (SSSR count). The zero-order valence-electron chi connectivity index (χ0n) is 12.2. The fourth-order valence-corrected chi connectivity index (χ4v) is 2.29. The summed E-state index contributed by atoms with van der Waals surface area (Å²) in [5, 5.41) is 7.08. The molecule has 0 unspecified atom stereocenters. The molecule has 0 aliphatic heterocycles. The van der Waals surface area contributed by atoms with Crippen molar-refractivity contribution in [3.8, 4) is 0 Å². The lowest BCUT2D eigenvalue weighted by atomic mass is 10.1. The summed E-state index contributed by atoms with van der Waals surface area (Å²) in [6.07, 6.45) is 5.55. The lowest BCUT2D eigenvalue weighted by molar-refractivity contribution is 0.102. The van der Waals surface area contributed by atoms with Crippen molar-refractivity contribution in [2.75, 3.05) is 5.32 Å². The molecule has 0 fully saturated rings. The minimum Gasteiger partial charge on any atom is -0.322 e. The molecule has 0 radical (unpaired) electrons. The fourth-order valence-electron chi connectivity index (χ4n) is 2.29. The first-order chi connectivity index (χ1) is 10.7. The van der Waals surface area contributed by atoms with Crippen LogP contribution in [0.3, 0.4) is 0 Å². The molecule has 1 amide bonds. The molecule has 0 aliphatic rings. The van der Waals surface area contributed by atoms with Crippen LogP contribution in [0.2, 0.25) is 0 Å². The third kappa shape index (κ3) is 3.03. The second kappa shape index (κ2) is 6.22. The Morgan fingerprint density at radius 2 is 1.86 bits per heavy atom. The van der Waals surface area contributed by atoms with Crippen molar-refractivity contribution in [3.63, 3.8) is 0 Å². The van der Waals surface area contributed by atoms with Crippen molar-refractivity contribution in [2.24, 2.45) is 7.05 Å². The van der Waals surface area contributed by atoms with Gasteiger partial charge in [-0.2, -0.15) is 5.10 Å². The number of carbonyl (C=O) groups excluding carboxylic acids is 1. The Bertz CT molecular complexity index is 766. The standard InChI is InChI=1S/C17H16N4O/c1-21-16(11-13-5-3-2-4-6-13)15(12-19-21)17(22)20-14-7-9-18-10-8-14/h2-10,12H,11H2,1H3,(H,18,20,22). The molecule has 2 aromatic heterocycles. The van der Waals surface area contributed by atoms with Crippen LogP contribution >= 0.6 is 0 Å². The number of hydrogen-bond donors (Lipinski definition) is 1. The maximum Gasteiger partial charge on any atom is 0.259 e. The molecule has 3 aromatic rings. The Kier molecular flexibility index (Phi) is 3.96. The highest BCUT2D eigenvalue weighted by molar-refractivity contribution is 6.04. The lowest BCUT2D eigenvalue weighted by Gasteiger charge is -2.07. The summed E-state index contributed by atoms with van der Waals surface area (Å²) in [7, 11) is 1.85. The summed E-state index contributed by atoms with van der Waals surface area (Å²) >= 11 is 0. The van der Waals surface area contributed by atoms with Crippen molar-refractivity contribution >= 4 is 11.6 Å². The number of rotatable bonds is 4. The van der Waals surface area contributed by atoms with E-state index in [1.54, 1.807) is 35.4 Å². The van der Waals surface area contributed by atoms with Crippen LogP contribution in [0.25, 0.3) is 0 Å². The lowest BCUT2D eigenvalue weighted by Crippen LogP contribution is -2.14. The van der Waals surface area contributed by atoms with Crippen LogP contribution in [0.15, 0.2) is 61.1 Å². The van der Waals surface area contributed by atoms with E-state index in [0.29, 0.717) is 12.0 Å². The molecule has 5 heteroatoms. The van der Waals surface area contributed by atoms with Crippen LogP contribution < -0.4 is 5.32 Å². The van der Waals surface area contributed by atoms with Gasteiger partial charge in [-0.15, -0.1) is 0 Å². The van der Waals surface area contributed by atoms with Crippen molar-refractivity contribution in [1.29, 1.82) is 0 Å². The molecule has 22 heavy (non-hydrogen) atoms. The van der Waals surface area contributed by atoms with E-state index in [2.05, 4.69) is 15.4 Å². The van der Waals surface area contributed by atoms with Gasteiger partial charge in [-0.1, -0.05) is 30.3 Å². The minimum atomic E-state index is -0.162. The van der Waals surface area contributed by atoms with Crippen molar-refractivity contribution in [2.45, 2.75) is 6.42 Å². The summed E-state index contributed by atoms with van der Waals surface area (Å²) in [4.78, 5) is 16.4. The molecule has 1 aromatic carbocycles. The minimum absolute atomic E-state index is 0.162. The first-order valence-electron chi connectivity index (χ1n) is 7.00. The predicted molar refractivity (Wildman–Crippen MR) is 84.6 cm³/mol. The van der Waals surface area contributed by atoms with Crippen molar-refractivity contribution in [3.05, 3.63) is 77.9 Å². The third-order valence-corrected chi connectivity index (χ3v) is 3.46. The Hall–Kier alpha value is -2.95. The van der Waals surface area contributed by atoms with Gasteiger partial charge >= 0.3 is 0 Å². The topological polar surface area (TPSA) is 59.8 Å². The van der Waals surface area contributed by atoms with Gasteiger partial charge in [0.15, 0.2) is 0 Å². The molecule has 0 saturated carbocycles. The van der Waals surface area contributed by atoms with Crippen LogP contribution in [0.1, 0.15) is 21.6 Å². The van der Waals surface area contributed by atoms with E-state index in [0.717, 1.165) is 16.9 Å². The third-order valence-electron chi connectivity index (χ3n) is 3.46. The Morgan fingerprint density at radius 1 is 1.14 bits per heavy atom. The van der Waals surface area contributed by atoms with Gasteiger partial charge in [-0.05, 0) is 17.7 Å². The van der Waals surface area contributed by atoms with Crippen LogP contribution in [-0.2, 0) is 13.5 Å². The monoisotopic (exact) mass is 292 g/mol. The van der Waals surface area contributed by atoms with Crippen molar-refractivity contribution < 1.29 is 4.79 Å². The van der Waals surface area contributed by atoms with Gasteiger partial charge in [0.05, 0.1) is 17.5 Å². The molecule has 0 aliphatic carbocycles. The normalized spacial score (nSPS) is 10.4. The second-order valence-corrected chi connectivity index (χ2v) is 4.98. The number of anilines is 1. The van der Waals surface area contributed by atoms with Gasteiger partial charge in [0, 0.05) is 31.5 Å². The van der Waals surface area contributed by atoms with E-state index in [4.69, 9.17) is 0 Å². The van der Waals surface area contributed by atoms with Crippen LogP contribution in [0.4, 0.5) is 5.69 Å². The molecular formula is C17H16N4O. The van der Waals surface area contributed by atoms with Crippen LogP contribution in [0, 0.1) is 0 Å². The molecule has 2 heterocycles. The Balaban J connectivity index is 1.84. The number of aryl methyl sites for hydroxylation is 1. The van der Waals surface area contributed by atoms with E-state index >= 15 is 0 Å². The average molecular weight is 292 g/mol. The Labute approximate surface area is 128 Å². The fraction of sp³-hybridized carbons (Fsp3) is 0.118. The number of benzene rings is 1. The van der Waals surface area contributed by atoms with Gasteiger partial charge in [0.25, 0.3) is 5.91 Å². The molecule has 0 atom stereocenters. The van der Waals surface area contributed by atoms with Gasteiger partial charge in [0.1, 0.15) is 0 Å². The first-order valence-corrected chi connectivity index (χ1v) is 7.00. The summed E-state index contributed by atoms with van der Waals surface area (Å²) in [5.41, 5.74) is 3.33. The summed E-state index contributed by atoms with van der Waals surface area (Å²) in [5.74, 6) is -0.162. The zero-order valence-corrected chi connectivity index (χ0v) is 12.2. The van der Waals surface area contributed by atoms with Crippen LogP contribution in [-0.4, -0.2) is 20.7 Å². The first kappa shape index (κ1) is 14.0. The molecule has 5 nitrogen and oxygen atoms in total. The van der Waals surface area contributed by atoms with Gasteiger partial charge in [0.2, 0.25) is 0 Å². The van der Waals surface area contributed by atoms with E-state index in [-0.39, 0.29) is 5.91 Å². The van der Waals surface area contributed by atoms with Crippen molar-refractivity contribution in [1.82, 2.24) is 14.8 Å². The molecule has 1 N–H and O–H groups in total. The highest BCUT2D eigenvalue weighted by Gasteiger charge is 2.16.